The molecular weight excluding hydrogens is 306 g/mol. The first-order valence-corrected chi connectivity index (χ1v) is 8.03. The maximum atomic E-state index is 11.4. The van der Waals surface area contributed by atoms with Gasteiger partial charge in [0.1, 0.15) is 5.01 Å². The average molecular weight is 324 g/mol. The van der Waals surface area contributed by atoms with Gasteiger partial charge >= 0.3 is 0 Å². The molecule has 0 aliphatic rings. The molecule has 0 aliphatic carbocycles. The molecule has 1 heterocycles. The number of benzene rings is 1. The molecule has 6 heteroatoms. The Balaban J connectivity index is 2.18. The number of aromatic nitrogens is 1. The van der Waals surface area contributed by atoms with Gasteiger partial charge in [-0.15, -0.1) is 22.9 Å². The number of hydrogen-bond donors (Lipinski definition) is 1. The highest BCUT2D eigenvalue weighted by Gasteiger charge is 2.12. The SMILES string of the molecule is CNC(=O)CN(C)Cc1ccccc1-c1nc(CCl)cs1. The number of alkyl halides is 1. The standard InChI is InChI=1S/C15H18ClN3OS/c1-17-14(20)9-19(2)8-11-5-3-4-6-13(11)15-18-12(7-16)10-21-15/h3-6,10H,7-9H2,1-2H3,(H,17,20). The Labute approximate surface area is 133 Å². The molecule has 0 fully saturated rings. The number of nitrogens with zero attached hydrogens (tertiary/aromatic N) is 2. The summed E-state index contributed by atoms with van der Waals surface area (Å²) in [4.78, 5) is 17.9. The predicted octanol–water partition coefficient (Wildman–Crippen LogP) is 2.73. The van der Waals surface area contributed by atoms with Gasteiger partial charge in [-0.1, -0.05) is 24.3 Å². The largest absolute Gasteiger partial charge is 0.358 e. The zero-order valence-electron chi connectivity index (χ0n) is 12.1. The van der Waals surface area contributed by atoms with Crippen molar-refractivity contribution in [2.24, 2.45) is 0 Å². The van der Waals surface area contributed by atoms with E-state index in [4.69, 9.17) is 11.6 Å². The van der Waals surface area contributed by atoms with Gasteiger partial charge in [-0.05, 0) is 12.6 Å². The number of nitrogens with one attached hydrogen (secondary N) is 1. The lowest BCUT2D eigenvalue weighted by Crippen LogP contribution is -2.32. The molecule has 0 unspecified atom stereocenters. The molecule has 0 atom stereocenters. The average Bonchev–Trinajstić information content (AvgIpc) is 2.96. The van der Waals surface area contributed by atoms with Crippen LogP contribution in [0.15, 0.2) is 29.6 Å². The molecule has 0 aliphatic heterocycles. The van der Waals surface area contributed by atoms with E-state index in [1.165, 1.54) is 0 Å². The normalized spacial score (nSPS) is 10.9. The number of carbonyl (C=O) groups excluding carboxylic acids is 1. The minimum absolute atomic E-state index is 0.00801. The van der Waals surface area contributed by atoms with Crippen molar-refractivity contribution in [2.75, 3.05) is 20.6 Å². The second-order valence-corrected chi connectivity index (χ2v) is 5.91. The van der Waals surface area contributed by atoms with Crippen LogP contribution in [0.25, 0.3) is 10.6 Å². The molecule has 1 aromatic carbocycles. The van der Waals surface area contributed by atoms with Crippen molar-refractivity contribution in [3.8, 4) is 10.6 Å². The summed E-state index contributed by atoms with van der Waals surface area (Å²) in [6, 6.07) is 8.12. The van der Waals surface area contributed by atoms with Gasteiger partial charge in [-0.3, -0.25) is 9.69 Å². The molecule has 2 rings (SSSR count). The number of hydrogen-bond acceptors (Lipinski definition) is 4. The van der Waals surface area contributed by atoms with Crippen molar-refractivity contribution in [3.05, 3.63) is 40.9 Å². The Morgan fingerprint density at radius 2 is 2.19 bits per heavy atom. The van der Waals surface area contributed by atoms with Gasteiger partial charge in [0.2, 0.25) is 5.91 Å². The number of halogens is 1. The second kappa shape index (κ2) is 7.54. The first kappa shape index (κ1) is 15.9. The van der Waals surface area contributed by atoms with Gasteiger partial charge in [-0.25, -0.2) is 4.98 Å². The van der Waals surface area contributed by atoms with Crippen molar-refractivity contribution in [3.63, 3.8) is 0 Å². The Morgan fingerprint density at radius 1 is 1.43 bits per heavy atom. The van der Waals surface area contributed by atoms with E-state index >= 15 is 0 Å². The van der Waals surface area contributed by atoms with Crippen LogP contribution in [-0.4, -0.2) is 36.4 Å². The van der Waals surface area contributed by atoms with Crippen molar-refractivity contribution < 1.29 is 4.79 Å². The quantitative estimate of drug-likeness (QED) is 0.831. The summed E-state index contributed by atoms with van der Waals surface area (Å²) in [5, 5.41) is 5.58. The predicted molar refractivity (Wildman–Crippen MR) is 87.5 cm³/mol. The van der Waals surface area contributed by atoms with Crippen LogP contribution in [-0.2, 0) is 17.2 Å². The Morgan fingerprint density at radius 3 is 2.86 bits per heavy atom. The molecular formula is C15H18ClN3OS. The molecule has 0 saturated heterocycles. The number of amides is 1. The summed E-state index contributed by atoms with van der Waals surface area (Å²) in [6.45, 7) is 1.06. The van der Waals surface area contributed by atoms with Crippen LogP contribution in [0.2, 0.25) is 0 Å². The molecule has 0 radical (unpaired) electrons. The molecule has 0 bridgehead atoms. The monoisotopic (exact) mass is 323 g/mol. The third-order valence-electron chi connectivity index (χ3n) is 3.07. The number of thiazole rings is 1. The van der Waals surface area contributed by atoms with E-state index < -0.39 is 0 Å². The highest BCUT2D eigenvalue weighted by molar-refractivity contribution is 7.13. The van der Waals surface area contributed by atoms with E-state index in [1.807, 2.05) is 29.5 Å². The Hall–Kier alpha value is -1.43. The van der Waals surface area contributed by atoms with Gasteiger partial charge in [0.25, 0.3) is 0 Å². The van der Waals surface area contributed by atoms with Crippen LogP contribution >= 0.6 is 22.9 Å². The van der Waals surface area contributed by atoms with Crippen LogP contribution in [0.1, 0.15) is 11.3 Å². The zero-order valence-corrected chi connectivity index (χ0v) is 13.7. The minimum atomic E-state index is 0.00801. The lowest BCUT2D eigenvalue weighted by Gasteiger charge is -2.17. The van der Waals surface area contributed by atoms with E-state index in [0.717, 1.165) is 21.8 Å². The summed E-state index contributed by atoms with van der Waals surface area (Å²) >= 11 is 7.41. The molecule has 4 nitrogen and oxygen atoms in total. The van der Waals surface area contributed by atoms with Gasteiger partial charge in [0.15, 0.2) is 0 Å². The Kier molecular flexibility index (Phi) is 5.73. The summed E-state index contributed by atoms with van der Waals surface area (Å²) in [5.41, 5.74) is 3.15. The smallest absolute Gasteiger partial charge is 0.233 e. The fourth-order valence-corrected chi connectivity index (χ4v) is 3.14. The molecule has 21 heavy (non-hydrogen) atoms. The first-order chi connectivity index (χ1) is 10.1. The molecule has 112 valence electrons. The highest BCUT2D eigenvalue weighted by Crippen LogP contribution is 2.28. The maximum absolute atomic E-state index is 11.4. The second-order valence-electron chi connectivity index (χ2n) is 4.78. The zero-order chi connectivity index (χ0) is 15.2. The van der Waals surface area contributed by atoms with E-state index in [-0.39, 0.29) is 5.91 Å². The van der Waals surface area contributed by atoms with Gasteiger partial charge in [-0.2, -0.15) is 0 Å². The van der Waals surface area contributed by atoms with Crippen LogP contribution in [0.5, 0.6) is 0 Å². The highest BCUT2D eigenvalue weighted by atomic mass is 35.5. The number of likely N-dealkylation sites (N-methyl/N-ethyl adjacent to an activating group) is 2. The minimum Gasteiger partial charge on any atom is -0.358 e. The Bertz CT molecular complexity index is 614. The van der Waals surface area contributed by atoms with Gasteiger partial charge in [0, 0.05) is 24.5 Å². The van der Waals surface area contributed by atoms with Crippen molar-refractivity contribution in [1.29, 1.82) is 0 Å². The lowest BCUT2D eigenvalue weighted by atomic mass is 10.1. The first-order valence-electron chi connectivity index (χ1n) is 6.61. The third kappa shape index (κ3) is 4.27. The summed E-state index contributed by atoms with van der Waals surface area (Å²) in [7, 11) is 3.57. The maximum Gasteiger partial charge on any atom is 0.233 e. The van der Waals surface area contributed by atoms with E-state index in [2.05, 4.69) is 22.4 Å². The van der Waals surface area contributed by atoms with Gasteiger partial charge < -0.3 is 5.32 Å². The molecule has 0 saturated carbocycles. The van der Waals surface area contributed by atoms with Crippen LogP contribution in [0.4, 0.5) is 0 Å². The summed E-state index contributed by atoms with van der Waals surface area (Å²) < 4.78 is 0. The fourth-order valence-electron chi connectivity index (χ4n) is 2.03. The van der Waals surface area contributed by atoms with E-state index in [0.29, 0.717) is 19.0 Å². The van der Waals surface area contributed by atoms with Crippen molar-refractivity contribution >= 4 is 28.8 Å². The number of carbonyl (C=O) groups is 1. The van der Waals surface area contributed by atoms with Crippen LogP contribution in [0, 0.1) is 0 Å². The summed E-state index contributed by atoms with van der Waals surface area (Å²) in [6.07, 6.45) is 0. The molecule has 1 N–H and O–H groups in total. The van der Waals surface area contributed by atoms with Gasteiger partial charge in [0.05, 0.1) is 18.1 Å². The molecule has 1 amide bonds. The number of rotatable bonds is 6. The third-order valence-corrected chi connectivity index (χ3v) is 4.27. The fraction of sp³-hybridized carbons (Fsp3) is 0.333. The van der Waals surface area contributed by atoms with Crippen LogP contribution < -0.4 is 5.32 Å². The summed E-state index contributed by atoms with van der Waals surface area (Å²) in [5.74, 6) is 0.434. The molecule has 0 spiro atoms. The topological polar surface area (TPSA) is 45.2 Å². The van der Waals surface area contributed by atoms with Crippen molar-refractivity contribution in [1.82, 2.24) is 15.2 Å². The molecule has 2 aromatic rings. The van der Waals surface area contributed by atoms with E-state index in [1.54, 1.807) is 18.4 Å². The van der Waals surface area contributed by atoms with E-state index in [9.17, 15) is 4.79 Å². The molecule has 1 aromatic heterocycles. The van der Waals surface area contributed by atoms with Crippen LogP contribution in [0.3, 0.4) is 0 Å². The lowest BCUT2D eigenvalue weighted by molar-refractivity contribution is -0.121. The van der Waals surface area contributed by atoms with Crippen molar-refractivity contribution in [2.45, 2.75) is 12.4 Å².